The lowest BCUT2D eigenvalue weighted by molar-refractivity contribution is -0.136. The highest BCUT2D eigenvalue weighted by Crippen LogP contribution is 2.16. The number of guanidine groups is 1. The highest BCUT2D eigenvalue weighted by Gasteiger charge is 2.09. The maximum atomic E-state index is 12.5. The lowest BCUT2D eigenvalue weighted by Gasteiger charge is -2.12. The number of aliphatic carboxylic acids is 1. The molecule has 0 aliphatic carbocycles. The molecule has 7 heteroatoms. The van der Waals surface area contributed by atoms with E-state index in [1.165, 1.54) is 0 Å². The Labute approximate surface area is 158 Å². The van der Waals surface area contributed by atoms with Crippen molar-refractivity contribution in [3.05, 3.63) is 64.7 Å². The van der Waals surface area contributed by atoms with Crippen molar-refractivity contribution in [3.63, 3.8) is 0 Å². The normalized spacial score (nSPS) is 10.3. The standard InChI is InChI=1S/C20H24N4O3/c1-2-14-8-6-13(7-9-18(25)26)10-16(14)12-23-19(27)15-4-3-5-17(11-15)24-20(21)22/h3-6,8,10-11H,2,7,9,12H2,1H3,(H,23,27)(H,25,26)(H4,21,22,24). The summed E-state index contributed by atoms with van der Waals surface area (Å²) < 4.78 is 0. The molecule has 142 valence electrons. The summed E-state index contributed by atoms with van der Waals surface area (Å²) in [7, 11) is 0. The third-order valence-electron chi connectivity index (χ3n) is 4.09. The number of hydrogen-bond donors (Lipinski definition) is 4. The van der Waals surface area contributed by atoms with Gasteiger partial charge in [0.2, 0.25) is 0 Å². The van der Waals surface area contributed by atoms with Crippen molar-refractivity contribution in [2.75, 3.05) is 0 Å². The summed E-state index contributed by atoms with van der Waals surface area (Å²) >= 11 is 0. The first-order valence-corrected chi connectivity index (χ1v) is 8.69. The molecule has 0 radical (unpaired) electrons. The molecule has 6 N–H and O–H groups in total. The summed E-state index contributed by atoms with van der Waals surface area (Å²) in [6, 6.07) is 12.6. The number of nitrogens with one attached hydrogen (secondary N) is 1. The monoisotopic (exact) mass is 368 g/mol. The molecule has 27 heavy (non-hydrogen) atoms. The molecule has 0 unspecified atom stereocenters. The van der Waals surface area contributed by atoms with Crippen LogP contribution in [0.3, 0.4) is 0 Å². The maximum Gasteiger partial charge on any atom is 0.303 e. The third kappa shape index (κ3) is 6.14. The number of carbonyl (C=O) groups excluding carboxylic acids is 1. The van der Waals surface area contributed by atoms with E-state index in [2.05, 4.69) is 10.3 Å². The summed E-state index contributed by atoms with van der Waals surface area (Å²) in [5.41, 5.74) is 14.7. The van der Waals surface area contributed by atoms with Crippen LogP contribution in [-0.2, 0) is 24.2 Å². The largest absolute Gasteiger partial charge is 0.481 e. The fraction of sp³-hybridized carbons (Fsp3) is 0.250. The zero-order chi connectivity index (χ0) is 19.8. The maximum absolute atomic E-state index is 12.5. The number of carboxylic acids is 1. The summed E-state index contributed by atoms with van der Waals surface area (Å²) in [5.74, 6) is -1.14. The Morgan fingerprint density at radius 3 is 2.56 bits per heavy atom. The van der Waals surface area contributed by atoms with E-state index in [0.717, 1.165) is 23.1 Å². The fourth-order valence-corrected chi connectivity index (χ4v) is 2.74. The number of nitrogens with two attached hydrogens (primary N) is 2. The first kappa shape index (κ1) is 20.0. The van der Waals surface area contributed by atoms with E-state index in [0.29, 0.717) is 24.2 Å². The van der Waals surface area contributed by atoms with Crippen molar-refractivity contribution in [2.45, 2.75) is 32.7 Å². The number of carbonyl (C=O) groups is 2. The number of aryl methyl sites for hydroxylation is 2. The van der Waals surface area contributed by atoms with Gasteiger partial charge in [-0.3, -0.25) is 9.59 Å². The topological polar surface area (TPSA) is 131 Å². The molecule has 1 amide bonds. The zero-order valence-corrected chi connectivity index (χ0v) is 15.2. The minimum absolute atomic E-state index is 0.0710. The third-order valence-corrected chi connectivity index (χ3v) is 4.09. The molecule has 0 heterocycles. The van der Waals surface area contributed by atoms with E-state index >= 15 is 0 Å². The molecule has 2 aromatic carbocycles. The molecule has 7 nitrogen and oxygen atoms in total. The number of amides is 1. The van der Waals surface area contributed by atoms with Crippen molar-refractivity contribution in [1.82, 2.24) is 5.32 Å². The summed E-state index contributed by atoms with van der Waals surface area (Å²) in [5, 5.41) is 11.7. The average Bonchev–Trinajstić information content (AvgIpc) is 2.64. The Balaban J connectivity index is 2.10. The molecular formula is C20H24N4O3. The summed E-state index contributed by atoms with van der Waals surface area (Å²) in [6.07, 6.45) is 1.36. The van der Waals surface area contributed by atoms with Gasteiger partial charge in [-0.1, -0.05) is 31.2 Å². The molecular weight excluding hydrogens is 344 g/mol. The second-order valence-corrected chi connectivity index (χ2v) is 6.12. The predicted octanol–water partition coefficient (Wildman–Crippen LogP) is 2.10. The van der Waals surface area contributed by atoms with Gasteiger partial charge >= 0.3 is 5.97 Å². The molecule has 0 bridgehead atoms. The molecule has 0 saturated carbocycles. The smallest absolute Gasteiger partial charge is 0.303 e. The summed E-state index contributed by atoms with van der Waals surface area (Å²) in [4.78, 5) is 27.2. The number of carboxylic acid groups (broad SMARTS) is 1. The highest BCUT2D eigenvalue weighted by molar-refractivity contribution is 5.95. The van der Waals surface area contributed by atoms with Gasteiger partial charge in [0.25, 0.3) is 5.91 Å². The van der Waals surface area contributed by atoms with Gasteiger partial charge in [0.15, 0.2) is 5.96 Å². The molecule has 0 spiro atoms. The van der Waals surface area contributed by atoms with Crippen LogP contribution in [0.5, 0.6) is 0 Å². The van der Waals surface area contributed by atoms with Crippen LogP contribution in [0.1, 0.15) is 40.4 Å². The molecule has 2 aromatic rings. The van der Waals surface area contributed by atoms with Gasteiger partial charge in [-0.15, -0.1) is 0 Å². The van der Waals surface area contributed by atoms with Gasteiger partial charge in [0.1, 0.15) is 0 Å². The number of rotatable bonds is 8. The molecule has 0 aromatic heterocycles. The summed E-state index contributed by atoms with van der Waals surface area (Å²) in [6.45, 7) is 2.39. The van der Waals surface area contributed by atoms with Crippen molar-refractivity contribution < 1.29 is 14.7 Å². The van der Waals surface area contributed by atoms with Crippen LogP contribution in [0.15, 0.2) is 47.5 Å². The Bertz CT molecular complexity index is 858. The SMILES string of the molecule is CCc1ccc(CCC(=O)O)cc1CNC(=O)c1cccc(N=C(N)N)c1. The number of hydrogen-bond acceptors (Lipinski definition) is 3. The van der Waals surface area contributed by atoms with Crippen molar-refractivity contribution in [2.24, 2.45) is 16.5 Å². The number of benzene rings is 2. The van der Waals surface area contributed by atoms with E-state index < -0.39 is 5.97 Å². The van der Waals surface area contributed by atoms with E-state index in [9.17, 15) is 9.59 Å². The first-order chi connectivity index (χ1) is 12.9. The quantitative estimate of drug-likeness (QED) is 0.419. The van der Waals surface area contributed by atoms with Crippen LogP contribution < -0.4 is 16.8 Å². The molecule has 0 atom stereocenters. The van der Waals surface area contributed by atoms with Gasteiger partial charge in [-0.05, 0) is 47.7 Å². The van der Waals surface area contributed by atoms with Crippen LogP contribution in [0.2, 0.25) is 0 Å². The van der Waals surface area contributed by atoms with Gasteiger partial charge in [0.05, 0.1) is 5.69 Å². The van der Waals surface area contributed by atoms with Crippen molar-refractivity contribution >= 4 is 23.5 Å². The number of aliphatic imine (C=N–C) groups is 1. The van der Waals surface area contributed by atoms with Gasteiger partial charge in [-0.2, -0.15) is 0 Å². The second kappa shape index (κ2) is 9.38. The zero-order valence-electron chi connectivity index (χ0n) is 15.2. The second-order valence-electron chi connectivity index (χ2n) is 6.12. The van der Waals surface area contributed by atoms with E-state index in [1.54, 1.807) is 24.3 Å². The van der Waals surface area contributed by atoms with E-state index in [-0.39, 0.29) is 18.3 Å². The Kier molecular flexibility index (Phi) is 6.93. The number of nitrogens with zero attached hydrogens (tertiary/aromatic N) is 1. The van der Waals surface area contributed by atoms with Crippen LogP contribution >= 0.6 is 0 Å². The fourth-order valence-electron chi connectivity index (χ4n) is 2.74. The minimum Gasteiger partial charge on any atom is -0.481 e. The van der Waals surface area contributed by atoms with Crippen LogP contribution in [0.25, 0.3) is 0 Å². The predicted molar refractivity (Wildman–Crippen MR) is 105 cm³/mol. The van der Waals surface area contributed by atoms with Crippen LogP contribution in [-0.4, -0.2) is 22.9 Å². The van der Waals surface area contributed by atoms with Gasteiger partial charge in [0, 0.05) is 18.5 Å². The van der Waals surface area contributed by atoms with Crippen molar-refractivity contribution in [3.8, 4) is 0 Å². The van der Waals surface area contributed by atoms with Crippen LogP contribution in [0, 0.1) is 0 Å². The average molecular weight is 368 g/mol. The van der Waals surface area contributed by atoms with Gasteiger partial charge in [-0.25, -0.2) is 4.99 Å². The Morgan fingerprint density at radius 1 is 1.11 bits per heavy atom. The molecule has 0 saturated heterocycles. The Morgan fingerprint density at radius 2 is 1.89 bits per heavy atom. The lowest BCUT2D eigenvalue weighted by atomic mass is 9.99. The van der Waals surface area contributed by atoms with Crippen molar-refractivity contribution in [1.29, 1.82) is 0 Å². The van der Waals surface area contributed by atoms with Gasteiger partial charge < -0.3 is 21.9 Å². The van der Waals surface area contributed by atoms with Crippen LogP contribution in [0.4, 0.5) is 5.69 Å². The highest BCUT2D eigenvalue weighted by atomic mass is 16.4. The first-order valence-electron chi connectivity index (χ1n) is 8.69. The van der Waals surface area contributed by atoms with E-state index in [1.807, 2.05) is 25.1 Å². The molecule has 2 rings (SSSR count). The minimum atomic E-state index is -0.829. The van der Waals surface area contributed by atoms with E-state index in [4.69, 9.17) is 16.6 Å². The Hall–Kier alpha value is -3.35. The lowest BCUT2D eigenvalue weighted by Crippen LogP contribution is -2.24. The molecule has 0 aliphatic heterocycles. The molecule has 0 fully saturated rings. The molecule has 0 aliphatic rings.